The lowest BCUT2D eigenvalue weighted by Gasteiger charge is -2.43. The van der Waals surface area contributed by atoms with Crippen molar-refractivity contribution in [3.05, 3.63) is 54.4 Å². The molecule has 1 saturated heterocycles. The van der Waals surface area contributed by atoms with Gasteiger partial charge in [-0.2, -0.15) is 0 Å². The molecule has 0 bridgehead atoms. The van der Waals surface area contributed by atoms with E-state index in [1.165, 1.54) is 0 Å². The van der Waals surface area contributed by atoms with Gasteiger partial charge in [-0.15, -0.1) is 0 Å². The summed E-state index contributed by atoms with van der Waals surface area (Å²) in [5.41, 5.74) is 2.01. The van der Waals surface area contributed by atoms with Gasteiger partial charge in [0, 0.05) is 45.9 Å². The Morgan fingerprint density at radius 3 is 2.59 bits per heavy atom. The number of ether oxygens (including phenoxy) is 1. The average Bonchev–Trinajstić information content (AvgIpc) is 2.74. The fraction of sp³-hybridized carbons (Fsp3) is 0.435. The average molecular weight is 396 g/mol. The van der Waals surface area contributed by atoms with Crippen LogP contribution in [0.2, 0.25) is 0 Å². The van der Waals surface area contributed by atoms with Crippen molar-refractivity contribution >= 4 is 11.8 Å². The molecule has 0 unspecified atom stereocenters. The highest BCUT2D eigenvalue weighted by Crippen LogP contribution is 2.31. The minimum Gasteiger partial charge on any atom is -0.361 e. The second-order valence-electron chi connectivity index (χ2n) is 7.68. The molecule has 0 aliphatic carbocycles. The van der Waals surface area contributed by atoms with Gasteiger partial charge in [-0.25, -0.2) is 0 Å². The van der Waals surface area contributed by atoms with Crippen LogP contribution >= 0.6 is 0 Å². The normalized spacial score (nSPS) is 19.1. The molecule has 1 fully saturated rings. The minimum absolute atomic E-state index is 0.0779. The van der Waals surface area contributed by atoms with Gasteiger partial charge < -0.3 is 14.5 Å². The number of benzene rings is 1. The molecule has 0 spiro atoms. The fourth-order valence-electron chi connectivity index (χ4n) is 3.88. The van der Waals surface area contributed by atoms with E-state index in [-0.39, 0.29) is 18.4 Å². The summed E-state index contributed by atoms with van der Waals surface area (Å²) in [6, 6.07) is 11.9. The number of hydrogen-bond acceptors (Lipinski definition) is 4. The molecule has 2 heterocycles. The highest BCUT2D eigenvalue weighted by Gasteiger charge is 2.46. The van der Waals surface area contributed by atoms with Crippen molar-refractivity contribution in [3.63, 3.8) is 0 Å². The maximum Gasteiger partial charge on any atom is 0.256 e. The van der Waals surface area contributed by atoms with Gasteiger partial charge in [-0.1, -0.05) is 31.2 Å². The zero-order valence-corrected chi connectivity index (χ0v) is 17.4. The third-order valence-corrected chi connectivity index (χ3v) is 5.28. The van der Waals surface area contributed by atoms with Crippen molar-refractivity contribution in [3.8, 4) is 11.1 Å². The Morgan fingerprint density at radius 1 is 1.17 bits per heavy atom. The van der Waals surface area contributed by atoms with Crippen molar-refractivity contribution < 1.29 is 14.3 Å². The first kappa shape index (κ1) is 21.0. The van der Waals surface area contributed by atoms with Crippen LogP contribution in [0, 0.1) is 0 Å². The van der Waals surface area contributed by atoms with E-state index in [0.717, 1.165) is 23.1 Å². The number of likely N-dealkylation sites (N-methyl/N-ethyl adjacent to an activating group) is 1. The van der Waals surface area contributed by atoms with Gasteiger partial charge >= 0.3 is 0 Å². The highest BCUT2D eigenvalue weighted by atomic mass is 16.5. The Hall–Kier alpha value is -2.73. The molecule has 2 amide bonds. The van der Waals surface area contributed by atoms with Gasteiger partial charge in [0.2, 0.25) is 5.91 Å². The number of morpholine rings is 1. The summed E-state index contributed by atoms with van der Waals surface area (Å²) >= 11 is 0. The predicted octanol–water partition coefficient (Wildman–Crippen LogP) is 2.78. The van der Waals surface area contributed by atoms with Crippen LogP contribution in [-0.2, 0) is 20.7 Å². The molecule has 1 aromatic heterocycles. The van der Waals surface area contributed by atoms with Crippen molar-refractivity contribution in [2.24, 2.45) is 0 Å². The third kappa shape index (κ3) is 4.65. The molecular weight excluding hydrogens is 366 g/mol. The fourth-order valence-corrected chi connectivity index (χ4v) is 3.88. The smallest absolute Gasteiger partial charge is 0.256 e. The van der Waals surface area contributed by atoms with Crippen molar-refractivity contribution in [1.82, 2.24) is 14.8 Å². The van der Waals surface area contributed by atoms with Gasteiger partial charge in [-0.05, 0) is 35.2 Å². The molecule has 154 valence electrons. The number of pyridine rings is 1. The van der Waals surface area contributed by atoms with Gasteiger partial charge in [0.1, 0.15) is 0 Å². The van der Waals surface area contributed by atoms with E-state index in [9.17, 15) is 9.59 Å². The largest absolute Gasteiger partial charge is 0.361 e. The lowest BCUT2D eigenvalue weighted by atomic mass is 9.87. The minimum atomic E-state index is -1.09. The van der Waals surface area contributed by atoms with E-state index in [1.807, 2.05) is 43.3 Å². The number of hydrogen-bond donors (Lipinski definition) is 0. The van der Waals surface area contributed by atoms with E-state index >= 15 is 0 Å². The van der Waals surface area contributed by atoms with Crippen molar-refractivity contribution in [1.29, 1.82) is 0 Å². The number of aromatic nitrogens is 1. The Kier molecular flexibility index (Phi) is 6.64. The molecule has 0 saturated carbocycles. The van der Waals surface area contributed by atoms with Gasteiger partial charge in [0.15, 0.2) is 5.60 Å². The van der Waals surface area contributed by atoms with Crippen molar-refractivity contribution in [2.45, 2.75) is 31.8 Å². The Bertz CT molecular complexity index is 853. The summed E-state index contributed by atoms with van der Waals surface area (Å²) in [6.45, 7) is 3.13. The summed E-state index contributed by atoms with van der Waals surface area (Å²) in [4.78, 5) is 33.2. The Balaban J connectivity index is 1.98. The van der Waals surface area contributed by atoms with E-state index in [1.54, 1.807) is 36.3 Å². The molecule has 0 N–H and O–H groups in total. The van der Waals surface area contributed by atoms with Crippen LogP contribution in [0.25, 0.3) is 11.1 Å². The molecule has 2 aromatic rings. The van der Waals surface area contributed by atoms with Crippen LogP contribution in [0.15, 0.2) is 48.8 Å². The maximum absolute atomic E-state index is 13.3. The van der Waals surface area contributed by atoms with Gasteiger partial charge in [0.05, 0.1) is 13.2 Å². The summed E-state index contributed by atoms with van der Waals surface area (Å²) in [5, 5.41) is 0. The quantitative estimate of drug-likeness (QED) is 0.755. The lowest BCUT2D eigenvalue weighted by Crippen LogP contribution is -2.61. The van der Waals surface area contributed by atoms with Crippen LogP contribution < -0.4 is 0 Å². The molecule has 6 heteroatoms. The SMILES string of the molecule is CCCC(=O)N1CCO[C@@](Cc2ccccc2-c2ccncc2)(C(=O)N(C)C)C1. The monoisotopic (exact) mass is 395 g/mol. The lowest BCUT2D eigenvalue weighted by molar-refractivity contribution is -0.172. The van der Waals surface area contributed by atoms with E-state index in [2.05, 4.69) is 4.98 Å². The zero-order valence-electron chi connectivity index (χ0n) is 17.4. The predicted molar refractivity (Wildman–Crippen MR) is 112 cm³/mol. The van der Waals surface area contributed by atoms with E-state index < -0.39 is 5.60 Å². The van der Waals surface area contributed by atoms with E-state index in [4.69, 9.17) is 4.74 Å². The van der Waals surface area contributed by atoms with Crippen LogP contribution in [0.4, 0.5) is 0 Å². The third-order valence-electron chi connectivity index (χ3n) is 5.28. The Labute approximate surface area is 172 Å². The van der Waals surface area contributed by atoms with Crippen LogP contribution in [0.1, 0.15) is 25.3 Å². The Morgan fingerprint density at radius 2 is 1.90 bits per heavy atom. The van der Waals surface area contributed by atoms with Crippen LogP contribution in [-0.4, -0.2) is 66.0 Å². The first-order valence-electron chi connectivity index (χ1n) is 10.1. The second-order valence-corrected chi connectivity index (χ2v) is 7.68. The number of carbonyl (C=O) groups excluding carboxylic acids is 2. The molecular formula is C23H29N3O3. The second kappa shape index (κ2) is 9.18. The summed E-state index contributed by atoms with van der Waals surface area (Å²) in [6.07, 6.45) is 5.19. The summed E-state index contributed by atoms with van der Waals surface area (Å²) in [5.74, 6) is -0.0369. The van der Waals surface area contributed by atoms with Gasteiger partial charge in [-0.3, -0.25) is 14.6 Å². The standard InChI is InChI=1S/C23H29N3O3/c1-4-7-21(27)26-14-15-29-23(17-26,22(28)25(2)3)16-19-8-5-6-9-20(19)18-10-12-24-13-11-18/h5-6,8-13H,4,7,14-17H2,1-3H3/t23-/m1/s1. The molecule has 1 aliphatic heterocycles. The highest BCUT2D eigenvalue weighted by molar-refractivity contribution is 5.87. The maximum atomic E-state index is 13.3. The molecule has 6 nitrogen and oxygen atoms in total. The zero-order chi connectivity index (χ0) is 20.9. The molecule has 1 aromatic carbocycles. The molecule has 29 heavy (non-hydrogen) atoms. The first-order chi connectivity index (χ1) is 14.0. The van der Waals surface area contributed by atoms with E-state index in [0.29, 0.717) is 26.0 Å². The topological polar surface area (TPSA) is 62.7 Å². The van der Waals surface area contributed by atoms with Crippen molar-refractivity contribution in [2.75, 3.05) is 33.8 Å². The van der Waals surface area contributed by atoms with Crippen LogP contribution in [0.5, 0.6) is 0 Å². The summed E-state index contributed by atoms with van der Waals surface area (Å²) < 4.78 is 6.14. The summed E-state index contributed by atoms with van der Waals surface area (Å²) in [7, 11) is 3.46. The molecule has 0 radical (unpaired) electrons. The first-order valence-corrected chi connectivity index (χ1v) is 10.1. The molecule has 1 aliphatic rings. The molecule has 1 atom stereocenters. The van der Waals surface area contributed by atoms with Crippen LogP contribution in [0.3, 0.4) is 0 Å². The van der Waals surface area contributed by atoms with Gasteiger partial charge in [0.25, 0.3) is 5.91 Å². The number of nitrogens with zero attached hydrogens (tertiary/aromatic N) is 3. The molecule has 3 rings (SSSR count). The number of rotatable bonds is 6. The number of amides is 2. The number of carbonyl (C=O) groups is 2.